The van der Waals surface area contributed by atoms with Crippen LogP contribution in [0.5, 0.6) is 0 Å². The third-order valence-electron chi connectivity index (χ3n) is 4.58. The SMILES string of the molecule is CCN1CCCC(C(C)NC(C)c2ccc(Br)cc2)C1. The van der Waals surface area contributed by atoms with Crippen LogP contribution < -0.4 is 5.32 Å². The van der Waals surface area contributed by atoms with Crippen molar-refractivity contribution < 1.29 is 0 Å². The topological polar surface area (TPSA) is 15.3 Å². The number of hydrogen-bond acceptors (Lipinski definition) is 2. The molecular formula is C17H27BrN2. The van der Waals surface area contributed by atoms with Crippen molar-refractivity contribution in [2.24, 2.45) is 5.92 Å². The van der Waals surface area contributed by atoms with Crippen LogP contribution in [-0.4, -0.2) is 30.6 Å². The molecular weight excluding hydrogens is 312 g/mol. The van der Waals surface area contributed by atoms with Gasteiger partial charge in [0, 0.05) is 23.1 Å². The molecule has 3 atom stereocenters. The summed E-state index contributed by atoms with van der Waals surface area (Å²) in [4.78, 5) is 2.58. The van der Waals surface area contributed by atoms with E-state index in [1.54, 1.807) is 0 Å². The monoisotopic (exact) mass is 338 g/mol. The fourth-order valence-electron chi connectivity index (χ4n) is 3.16. The summed E-state index contributed by atoms with van der Waals surface area (Å²) in [6, 6.07) is 9.63. The van der Waals surface area contributed by atoms with Gasteiger partial charge in [-0.15, -0.1) is 0 Å². The zero-order chi connectivity index (χ0) is 14.5. The van der Waals surface area contributed by atoms with Crippen LogP contribution in [0.2, 0.25) is 0 Å². The minimum absolute atomic E-state index is 0.412. The Morgan fingerprint density at radius 1 is 1.30 bits per heavy atom. The average Bonchev–Trinajstić information content (AvgIpc) is 2.47. The molecule has 1 heterocycles. The highest BCUT2D eigenvalue weighted by atomic mass is 79.9. The molecule has 0 spiro atoms. The van der Waals surface area contributed by atoms with Crippen molar-refractivity contribution in [1.82, 2.24) is 10.2 Å². The third kappa shape index (κ3) is 4.31. The van der Waals surface area contributed by atoms with Crippen LogP contribution in [-0.2, 0) is 0 Å². The van der Waals surface area contributed by atoms with E-state index < -0.39 is 0 Å². The fourth-order valence-corrected chi connectivity index (χ4v) is 3.43. The van der Waals surface area contributed by atoms with E-state index in [1.165, 1.54) is 38.0 Å². The molecule has 0 bridgehead atoms. The summed E-state index contributed by atoms with van der Waals surface area (Å²) in [6.45, 7) is 10.6. The van der Waals surface area contributed by atoms with E-state index in [4.69, 9.17) is 0 Å². The predicted molar refractivity (Wildman–Crippen MR) is 90.0 cm³/mol. The van der Waals surface area contributed by atoms with E-state index in [1.807, 2.05) is 0 Å². The van der Waals surface area contributed by atoms with Crippen LogP contribution in [0.15, 0.2) is 28.7 Å². The van der Waals surface area contributed by atoms with Gasteiger partial charge >= 0.3 is 0 Å². The molecule has 3 heteroatoms. The van der Waals surface area contributed by atoms with E-state index in [0.29, 0.717) is 12.1 Å². The van der Waals surface area contributed by atoms with Crippen molar-refractivity contribution >= 4 is 15.9 Å². The number of nitrogens with zero attached hydrogens (tertiary/aromatic N) is 1. The van der Waals surface area contributed by atoms with Crippen LogP contribution in [0.4, 0.5) is 0 Å². The van der Waals surface area contributed by atoms with E-state index in [2.05, 4.69) is 71.2 Å². The summed E-state index contributed by atoms with van der Waals surface area (Å²) in [5.41, 5.74) is 1.36. The zero-order valence-corrected chi connectivity index (χ0v) is 14.5. The van der Waals surface area contributed by atoms with Gasteiger partial charge in [0.05, 0.1) is 0 Å². The summed E-state index contributed by atoms with van der Waals surface area (Å²) in [7, 11) is 0. The zero-order valence-electron chi connectivity index (χ0n) is 12.9. The van der Waals surface area contributed by atoms with Crippen molar-refractivity contribution in [2.45, 2.75) is 45.7 Å². The number of benzene rings is 1. The summed E-state index contributed by atoms with van der Waals surface area (Å²) in [5.74, 6) is 0.779. The number of piperidine rings is 1. The first-order valence-corrected chi connectivity index (χ1v) is 8.63. The smallest absolute Gasteiger partial charge is 0.0294 e. The average molecular weight is 339 g/mol. The molecule has 0 aliphatic carbocycles. The molecule has 0 amide bonds. The number of halogens is 1. The van der Waals surface area contributed by atoms with Crippen LogP contribution >= 0.6 is 15.9 Å². The largest absolute Gasteiger partial charge is 0.307 e. The van der Waals surface area contributed by atoms with Crippen molar-refractivity contribution in [3.63, 3.8) is 0 Å². The Hall–Kier alpha value is -0.380. The third-order valence-corrected chi connectivity index (χ3v) is 5.11. The Morgan fingerprint density at radius 2 is 2.00 bits per heavy atom. The van der Waals surface area contributed by atoms with Gasteiger partial charge in [0.15, 0.2) is 0 Å². The summed E-state index contributed by atoms with van der Waals surface area (Å²) < 4.78 is 1.15. The molecule has 1 N–H and O–H groups in total. The molecule has 2 nitrogen and oxygen atoms in total. The first kappa shape index (κ1) is 16.0. The van der Waals surface area contributed by atoms with E-state index in [9.17, 15) is 0 Å². The summed E-state index contributed by atoms with van der Waals surface area (Å²) in [6.07, 6.45) is 2.70. The Balaban J connectivity index is 1.89. The van der Waals surface area contributed by atoms with Crippen LogP contribution in [0.3, 0.4) is 0 Å². The second-order valence-electron chi connectivity index (χ2n) is 6.02. The molecule has 0 aromatic heterocycles. The maximum atomic E-state index is 3.79. The first-order valence-electron chi connectivity index (χ1n) is 7.84. The van der Waals surface area contributed by atoms with Crippen molar-refractivity contribution in [1.29, 1.82) is 0 Å². The molecule has 3 unspecified atom stereocenters. The number of hydrogen-bond donors (Lipinski definition) is 1. The molecule has 20 heavy (non-hydrogen) atoms. The van der Waals surface area contributed by atoms with E-state index in [-0.39, 0.29) is 0 Å². The van der Waals surface area contributed by atoms with E-state index >= 15 is 0 Å². The maximum Gasteiger partial charge on any atom is 0.0294 e. The second kappa shape index (κ2) is 7.58. The van der Waals surface area contributed by atoms with Gasteiger partial charge in [-0.2, -0.15) is 0 Å². The van der Waals surface area contributed by atoms with E-state index in [0.717, 1.165) is 10.4 Å². The van der Waals surface area contributed by atoms with Gasteiger partial charge in [-0.25, -0.2) is 0 Å². The lowest BCUT2D eigenvalue weighted by Gasteiger charge is -2.36. The van der Waals surface area contributed by atoms with Crippen molar-refractivity contribution in [3.8, 4) is 0 Å². The van der Waals surface area contributed by atoms with Gasteiger partial charge in [0.2, 0.25) is 0 Å². The molecule has 0 saturated carbocycles. The first-order chi connectivity index (χ1) is 9.60. The summed E-state index contributed by atoms with van der Waals surface area (Å²) >= 11 is 3.50. The summed E-state index contributed by atoms with van der Waals surface area (Å²) in [5, 5.41) is 3.79. The molecule has 1 aliphatic rings. The molecule has 1 aliphatic heterocycles. The predicted octanol–water partition coefficient (Wildman–Crippen LogP) is 4.22. The van der Waals surface area contributed by atoms with Gasteiger partial charge < -0.3 is 10.2 Å². The Kier molecular flexibility index (Phi) is 6.06. The molecule has 1 saturated heterocycles. The van der Waals surface area contributed by atoms with Gasteiger partial charge in [-0.1, -0.05) is 35.0 Å². The van der Waals surface area contributed by atoms with Crippen LogP contribution in [0, 0.1) is 5.92 Å². The lowest BCUT2D eigenvalue weighted by molar-refractivity contribution is 0.153. The highest BCUT2D eigenvalue weighted by molar-refractivity contribution is 9.10. The molecule has 1 aromatic rings. The normalized spacial score (nSPS) is 23.5. The number of rotatable bonds is 5. The van der Waals surface area contributed by atoms with Gasteiger partial charge in [0.1, 0.15) is 0 Å². The molecule has 2 rings (SSSR count). The van der Waals surface area contributed by atoms with Crippen LogP contribution in [0.25, 0.3) is 0 Å². The number of likely N-dealkylation sites (tertiary alicyclic amines) is 1. The Bertz CT molecular complexity index is 404. The minimum Gasteiger partial charge on any atom is -0.307 e. The lowest BCUT2D eigenvalue weighted by atomic mass is 9.90. The lowest BCUT2D eigenvalue weighted by Crippen LogP contribution is -2.44. The maximum absolute atomic E-state index is 3.79. The van der Waals surface area contributed by atoms with Crippen LogP contribution in [0.1, 0.15) is 45.2 Å². The highest BCUT2D eigenvalue weighted by Gasteiger charge is 2.24. The molecule has 1 aromatic carbocycles. The van der Waals surface area contributed by atoms with Crippen molar-refractivity contribution in [3.05, 3.63) is 34.3 Å². The van der Waals surface area contributed by atoms with Gasteiger partial charge in [-0.3, -0.25) is 0 Å². The fraction of sp³-hybridized carbons (Fsp3) is 0.647. The van der Waals surface area contributed by atoms with Gasteiger partial charge in [-0.05, 0) is 63.4 Å². The quantitative estimate of drug-likeness (QED) is 0.864. The standard InChI is InChI=1S/C17H27BrN2/c1-4-20-11-5-6-16(12-20)14(3)19-13(2)15-7-9-17(18)10-8-15/h7-10,13-14,16,19H,4-6,11-12H2,1-3H3. The minimum atomic E-state index is 0.412. The molecule has 112 valence electrons. The Morgan fingerprint density at radius 3 is 2.65 bits per heavy atom. The molecule has 0 radical (unpaired) electrons. The second-order valence-corrected chi connectivity index (χ2v) is 6.94. The van der Waals surface area contributed by atoms with Gasteiger partial charge in [0.25, 0.3) is 0 Å². The Labute approximate surface area is 132 Å². The highest BCUT2D eigenvalue weighted by Crippen LogP contribution is 2.23. The van der Waals surface area contributed by atoms with Crippen molar-refractivity contribution in [2.75, 3.05) is 19.6 Å². The number of nitrogens with one attached hydrogen (secondary N) is 1. The molecule has 1 fully saturated rings.